The summed E-state index contributed by atoms with van der Waals surface area (Å²) in [5.74, 6) is 0.622. The summed E-state index contributed by atoms with van der Waals surface area (Å²) in [5.41, 5.74) is 1.20. The normalized spacial score (nSPS) is 10.8. The first kappa shape index (κ1) is 12.0. The van der Waals surface area contributed by atoms with Crippen LogP contribution in [0.5, 0.6) is 5.75 Å². The van der Waals surface area contributed by atoms with Crippen LogP contribution in [0.2, 0.25) is 0 Å². The zero-order valence-corrected chi connectivity index (χ0v) is 11.3. The third-order valence-corrected chi connectivity index (χ3v) is 3.50. The van der Waals surface area contributed by atoms with E-state index in [9.17, 15) is 9.90 Å². The lowest BCUT2D eigenvalue weighted by atomic mass is 10.1. The van der Waals surface area contributed by atoms with Crippen molar-refractivity contribution in [3.05, 3.63) is 63.2 Å². The van der Waals surface area contributed by atoms with E-state index in [1.54, 1.807) is 36.4 Å². The maximum atomic E-state index is 12.0. The monoisotopic (exact) mass is 316 g/mol. The largest absolute Gasteiger partial charge is 0.507 e. The Morgan fingerprint density at radius 1 is 1.05 bits per heavy atom. The molecule has 3 aromatic rings. The van der Waals surface area contributed by atoms with Crippen molar-refractivity contribution in [3.8, 4) is 17.1 Å². The zero-order valence-electron chi connectivity index (χ0n) is 9.76. The van der Waals surface area contributed by atoms with Gasteiger partial charge < -0.3 is 9.52 Å². The molecule has 0 aliphatic heterocycles. The van der Waals surface area contributed by atoms with Crippen LogP contribution >= 0.6 is 15.9 Å². The van der Waals surface area contributed by atoms with Crippen molar-refractivity contribution in [3.63, 3.8) is 0 Å². The van der Waals surface area contributed by atoms with E-state index in [0.29, 0.717) is 21.2 Å². The third kappa shape index (κ3) is 2.15. The van der Waals surface area contributed by atoms with Crippen LogP contribution in [0, 0.1) is 0 Å². The number of fused-ring (bicyclic) bond motifs is 1. The van der Waals surface area contributed by atoms with Crippen LogP contribution < -0.4 is 5.43 Å². The van der Waals surface area contributed by atoms with Gasteiger partial charge in [-0.3, -0.25) is 4.79 Å². The van der Waals surface area contributed by atoms with Gasteiger partial charge in [-0.05, 0) is 46.3 Å². The molecular formula is C15H9BrO3. The number of hydrogen-bond acceptors (Lipinski definition) is 3. The van der Waals surface area contributed by atoms with Crippen molar-refractivity contribution in [1.29, 1.82) is 0 Å². The summed E-state index contributed by atoms with van der Waals surface area (Å²) in [6.45, 7) is 0. The Kier molecular flexibility index (Phi) is 2.87. The van der Waals surface area contributed by atoms with Crippen molar-refractivity contribution < 1.29 is 9.52 Å². The summed E-state index contributed by atoms with van der Waals surface area (Å²) in [4.78, 5) is 12.0. The molecule has 1 N–H and O–H groups in total. The van der Waals surface area contributed by atoms with Gasteiger partial charge in [0, 0.05) is 11.6 Å². The molecule has 3 nitrogen and oxygen atoms in total. The van der Waals surface area contributed by atoms with Gasteiger partial charge in [-0.1, -0.05) is 12.1 Å². The Labute approximate surface area is 117 Å². The molecule has 1 heterocycles. The zero-order chi connectivity index (χ0) is 13.4. The van der Waals surface area contributed by atoms with E-state index in [0.717, 1.165) is 5.56 Å². The minimum absolute atomic E-state index is 0.0824. The maximum Gasteiger partial charge on any atom is 0.193 e. The number of phenolic OH excluding ortho intramolecular Hbond substituents is 1. The van der Waals surface area contributed by atoms with E-state index in [2.05, 4.69) is 15.9 Å². The summed E-state index contributed by atoms with van der Waals surface area (Å²) in [7, 11) is 0. The Morgan fingerprint density at radius 2 is 1.84 bits per heavy atom. The maximum absolute atomic E-state index is 12.0. The molecule has 3 rings (SSSR count). The fourth-order valence-corrected chi connectivity index (χ4v) is 2.29. The van der Waals surface area contributed by atoms with Gasteiger partial charge in [-0.25, -0.2) is 0 Å². The molecule has 0 radical (unpaired) electrons. The van der Waals surface area contributed by atoms with Crippen LogP contribution in [0.3, 0.4) is 0 Å². The first-order valence-electron chi connectivity index (χ1n) is 5.67. The van der Waals surface area contributed by atoms with Gasteiger partial charge in [0.05, 0.1) is 9.86 Å². The summed E-state index contributed by atoms with van der Waals surface area (Å²) in [5, 5.41) is 10.0. The second kappa shape index (κ2) is 4.55. The Hall–Kier alpha value is -2.07. The van der Waals surface area contributed by atoms with Crippen LogP contribution in [0.1, 0.15) is 0 Å². The molecule has 0 atom stereocenters. The average molecular weight is 317 g/mol. The summed E-state index contributed by atoms with van der Waals surface area (Å²) in [6.07, 6.45) is 0. The summed E-state index contributed by atoms with van der Waals surface area (Å²) < 4.78 is 6.28. The molecule has 0 bridgehead atoms. The van der Waals surface area contributed by atoms with E-state index >= 15 is 0 Å². The van der Waals surface area contributed by atoms with Gasteiger partial charge in [0.15, 0.2) is 5.43 Å². The molecule has 0 unspecified atom stereocenters. The lowest BCUT2D eigenvalue weighted by Crippen LogP contribution is -1.99. The molecule has 0 saturated heterocycles. The lowest BCUT2D eigenvalue weighted by Gasteiger charge is -2.04. The van der Waals surface area contributed by atoms with Gasteiger partial charge in [-0.2, -0.15) is 0 Å². The van der Waals surface area contributed by atoms with Crippen LogP contribution in [0.15, 0.2) is 62.2 Å². The highest BCUT2D eigenvalue weighted by molar-refractivity contribution is 9.10. The van der Waals surface area contributed by atoms with Gasteiger partial charge >= 0.3 is 0 Å². The van der Waals surface area contributed by atoms with Crippen LogP contribution in [-0.4, -0.2) is 5.11 Å². The molecule has 0 spiro atoms. The number of phenols is 1. The van der Waals surface area contributed by atoms with Crippen molar-refractivity contribution in [2.45, 2.75) is 0 Å². The predicted octanol–water partition coefficient (Wildman–Crippen LogP) is 3.93. The predicted molar refractivity (Wildman–Crippen MR) is 77.3 cm³/mol. The third-order valence-electron chi connectivity index (χ3n) is 2.87. The highest BCUT2D eigenvalue weighted by atomic mass is 79.9. The van der Waals surface area contributed by atoms with E-state index in [1.807, 2.05) is 6.07 Å². The molecular weight excluding hydrogens is 308 g/mol. The van der Waals surface area contributed by atoms with Crippen LogP contribution in [0.25, 0.3) is 22.3 Å². The highest BCUT2D eigenvalue weighted by Crippen LogP contribution is 2.30. The number of benzene rings is 2. The number of rotatable bonds is 1. The Morgan fingerprint density at radius 3 is 2.63 bits per heavy atom. The molecule has 2 aromatic carbocycles. The SMILES string of the molecule is O=c1cc(-c2ccc(O)c(Br)c2)oc2ccccc12. The Balaban J connectivity index is 2.25. The fraction of sp³-hybridized carbons (Fsp3) is 0. The number of aromatic hydroxyl groups is 1. The van der Waals surface area contributed by atoms with Gasteiger partial charge in [0.2, 0.25) is 0 Å². The first-order chi connectivity index (χ1) is 9.15. The fourth-order valence-electron chi connectivity index (χ4n) is 1.91. The lowest BCUT2D eigenvalue weighted by molar-refractivity contribution is 0.472. The van der Waals surface area contributed by atoms with E-state index in [1.165, 1.54) is 6.07 Å². The van der Waals surface area contributed by atoms with Gasteiger partial charge in [0.1, 0.15) is 17.1 Å². The number of halogens is 1. The molecule has 1 aromatic heterocycles. The van der Waals surface area contributed by atoms with E-state index < -0.39 is 0 Å². The van der Waals surface area contributed by atoms with Crippen molar-refractivity contribution >= 4 is 26.9 Å². The second-order valence-corrected chi connectivity index (χ2v) is 4.99. The molecule has 0 amide bonds. The smallest absolute Gasteiger partial charge is 0.193 e. The van der Waals surface area contributed by atoms with E-state index in [4.69, 9.17) is 4.42 Å². The van der Waals surface area contributed by atoms with Gasteiger partial charge in [-0.15, -0.1) is 0 Å². The first-order valence-corrected chi connectivity index (χ1v) is 6.46. The quantitative estimate of drug-likeness (QED) is 0.740. The number of hydrogen-bond donors (Lipinski definition) is 1. The molecule has 94 valence electrons. The summed E-state index contributed by atoms with van der Waals surface area (Å²) >= 11 is 3.24. The Bertz CT molecular complexity index is 821. The molecule has 19 heavy (non-hydrogen) atoms. The second-order valence-electron chi connectivity index (χ2n) is 4.14. The van der Waals surface area contributed by atoms with Crippen LogP contribution in [0.4, 0.5) is 0 Å². The molecule has 4 heteroatoms. The topological polar surface area (TPSA) is 50.4 Å². The van der Waals surface area contributed by atoms with Crippen molar-refractivity contribution in [2.75, 3.05) is 0 Å². The molecule has 0 aliphatic rings. The summed E-state index contributed by atoms with van der Waals surface area (Å²) in [6, 6.07) is 13.5. The average Bonchev–Trinajstić information content (AvgIpc) is 2.42. The van der Waals surface area contributed by atoms with E-state index in [-0.39, 0.29) is 11.2 Å². The molecule has 0 saturated carbocycles. The standard InChI is InChI=1S/C15H9BrO3/c16-11-7-9(5-6-12(11)17)15-8-13(18)10-3-1-2-4-14(10)19-15/h1-8,17H. The van der Waals surface area contributed by atoms with Gasteiger partial charge in [0.25, 0.3) is 0 Å². The van der Waals surface area contributed by atoms with Crippen LogP contribution in [-0.2, 0) is 0 Å². The van der Waals surface area contributed by atoms with Crippen molar-refractivity contribution in [2.24, 2.45) is 0 Å². The molecule has 0 aliphatic carbocycles. The minimum atomic E-state index is -0.0824. The number of para-hydroxylation sites is 1. The molecule has 0 fully saturated rings. The highest BCUT2D eigenvalue weighted by Gasteiger charge is 2.08. The van der Waals surface area contributed by atoms with Crippen molar-refractivity contribution in [1.82, 2.24) is 0 Å². The minimum Gasteiger partial charge on any atom is -0.507 e.